The maximum Gasteiger partial charge on any atom is 0.223 e. The Morgan fingerprint density at radius 3 is 2.57 bits per heavy atom. The first-order valence-corrected chi connectivity index (χ1v) is 7.52. The Morgan fingerprint density at radius 1 is 1.38 bits per heavy atom. The summed E-state index contributed by atoms with van der Waals surface area (Å²) in [5, 5.41) is 3.05. The Labute approximate surface area is 127 Å². The summed E-state index contributed by atoms with van der Waals surface area (Å²) < 4.78 is 13.2. The van der Waals surface area contributed by atoms with Gasteiger partial charge >= 0.3 is 0 Å². The molecule has 0 saturated carbocycles. The summed E-state index contributed by atoms with van der Waals surface area (Å²) in [4.78, 5) is 12.3. The highest BCUT2D eigenvalue weighted by atomic mass is 19.1. The summed E-state index contributed by atoms with van der Waals surface area (Å²) in [6.07, 6.45) is 1.36. The Hall–Kier alpha value is -1.42. The molecular formula is C17H27FN2O. The van der Waals surface area contributed by atoms with Crippen molar-refractivity contribution in [2.24, 2.45) is 17.6 Å². The van der Waals surface area contributed by atoms with E-state index in [1.54, 1.807) is 6.07 Å². The van der Waals surface area contributed by atoms with Crippen molar-refractivity contribution in [3.63, 3.8) is 0 Å². The zero-order valence-electron chi connectivity index (χ0n) is 13.4. The molecular weight excluding hydrogens is 267 g/mol. The monoisotopic (exact) mass is 294 g/mol. The normalized spacial score (nSPS) is 15.6. The molecule has 0 fully saturated rings. The highest BCUT2D eigenvalue weighted by molar-refractivity contribution is 5.79. The summed E-state index contributed by atoms with van der Waals surface area (Å²) in [6.45, 7) is 8.45. The highest BCUT2D eigenvalue weighted by Gasteiger charge is 2.27. The Kier molecular flexibility index (Phi) is 6.34. The van der Waals surface area contributed by atoms with Crippen LogP contribution in [0.15, 0.2) is 24.3 Å². The van der Waals surface area contributed by atoms with Crippen molar-refractivity contribution in [1.82, 2.24) is 5.32 Å². The van der Waals surface area contributed by atoms with Crippen LogP contribution in [0.4, 0.5) is 4.39 Å². The topological polar surface area (TPSA) is 55.1 Å². The van der Waals surface area contributed by atoms with Crippen LogP contribution in [-0.2, 0) is 11.2 Å². The van der Waals surface area contributed by atoms with E-state index in [9.17, 15) is 9.18 Å². The first-order valence-electron chi connectivity index (χ1n) is 7.52. The van der Waals surface area contributed by atoms with Gasteiger partial charge in [-0.25, -0.2) is 4.39 Å². The van der Waals surface area contributed by atoms with Gasteiger partial charge in [0.05, 0.1) is 0 Å². The number of amides is 1. The van der Waals surface area contributed by atoms with E-state index >= 15 is 0 Å². The van der Waals surface area contributed by atoms with Crippen LogP contribution in [0.25, 0.3) is 0 Å². The molecule has 2 unspecified atom stereocenters. The van der Waals surface area contributed by atoms with Crippen LogP contribution >= 0.6 is 0 Å². The molecule has 1 aromatic rings. The van der Waals surface area contributed by atoms with Gasteiger partial charge in [-0.2, -0.15) is 0 Å². The average Bonchev–Trinajstić information content (AvgIpc) is 2.37. The lowest BCUT2D eigenvalue weighted by atomic mass is 9.89. The molecule has 0 aromatic heterocycles. The SMILES string of the molecule is CC(C)CC(C)(CN)NC(=O)C(C)Cc1cccc(F)c1. The van der Waals surface area contributed by atoms with Crippen LogP contribution in [0.1, 0.15) is 39.7 Å². The maximum atomic E-state index is 13.2. The van der Waals surface area contributed by atoms with Crippen LogP contribution in [-0.4, -0.2) is 18.0 Å². The lowest BCUT2D eigenvalue weighted by Crippen LogP contribution is -2.53. The van der Waals surface area contributed by atoms with Gasteiger partial charge in [-0.15, -0.1) is 0 Å². The van der Waals surface area contributed by atoms with Crippen LogP contribution in [0, 0.1) is 17.7 Å². The minimum absolute atomic E-state index is 0.0344. The van der Waals surface area contributed by atoms with Gasteiger partial charge in [0, 0.05) is 18.0 Å². The molecule has 0 heterocycles. The number of nitrogens with two attached hydrogens (primary N) is 1. The molecule has 1 amide bonds. The predicted molar refractivity (Wildman–Crippen MR) is 84.3 cm³/mol. The molecule has 3 nitrogen and oxygen atoms in total. The number of hydrogen-bond acceptors (Lipinski definition) is 2. The summed E-state index contributed by atoms with van der Waals surface area (Å²) in [7, 11) is 0. The van der Waals surface area contributed by atoms with E-state index in [0.717, 1.165) is 12.0 Å². The van der Waals surface area contributed by atoms with Gasteiger partial charge in [0.2, 0.25) is 5.91 Å². The number of hydrogen-bond donors (Lipinski definition) is 2. The number of carbonyl (C=O) groups is 1. The average molecular weight is 294 g/mol. The van der Waals surface area contributed by atoms with Gasteiger partial charge in [0.1, 0.15) is 5.82 Å². The van der Waals surface area contributed by atoms with E-state index in [1.807, 2.05) is 19.9 Å². The zero-order chi connectivity index (χ0) is 16.0. The molecule has 0 spiro atoms. The van der Waals surface area contributed by atoms with E-state index < -0.39 is 0 Å². The Balaban J connectivity index is 2.65. The lowest BCUT2D eigenvalue weighted by molar-refractivity contribution is -0.126. The standard InChI is InChI=1S/C17H27FN2O/c1-12(2)10-17(4,11-19)20-16(21)13(3)8-14-6-5-7-15(18)9-14/h5-7,9,12-13H,8,10-11,19H2,1-4H3,(H,20,21). The highest BCUT2D eigenvalue weighted by Crippen LogP contribution is 2.17. The van der Waals surface area contributed by atoms with E-state index in [2.05, 4.69) is 19.2 Å². The van der Waals surface area contributed by atoms with Crippen molar-refractivity contribution in [3.8, 4) is 0 Å². The first-order chi connectivity index (χ1) is 9.75. The van der Waals surface area contributed by atoms with Gasteiger partial charge in [-0.1, -0.05) is 32.9 Å². The lowest BCUT2D eigenvalue weighted by Gasteiger charge is -2.32. The number of halogens is 1. The van der Waals surface area contributed by atoms with Crippen molar-refractivity contribution < 1.29 is 9.18 Å². The Bertz CT molecular complexity index is 476. The van der Waals surface area contributed by atoms with Crippen molar-refractivity contribution >= 4 is 5.91 Å². The molecule has 0 aliphatic heterocycles. The minimum atomic E-state index is -0.387. The first kappa shape index (κ1) is 17.6. The number of rotatable bonds is 7. The number of nitrogens with one attached hydrogen (secondary N) is 1. The largest absolute Gasteiger partial charge is 0.349 e. The van der Waals surface area contributed by atoms with Crippen LogP contribution in [0.3, 0.4) is 0 Å². The fourth-order valence-electron chi connectivity index (χ4n) is 2.62. The molecule has 1 aromatic carbocycles. The summed E-state index contributed by atoms with van der Waals surface area (Å²) in [5.74, 6) is -0.0678. The summed E-state index contributed by atoms with van der Waals surface area (Å²) in [5.41, 5.74) is 6.25. The molecule has 0 bridgehead atoms. The second-order valence-electron chi connectivity index (χ2n) is 6.59. The summed E-state index contributed by atoms with van der Waals surface area (Å²) >= 11 is 0. The smallest absolute Gasteiger partial charge is 0.223 e. The fraction of sp³-hybridized carbons (Fsp3) is 0.588. The van der Waals surface area contributed by atoms with E-state index in [-0.39, 0.29) is 23.2 Å². The Morgan fingerprint density at radius 2 is 2.05 bits per heavy atom. The zero-order valence-corrected chi connectivity index (χ0v) is 13.4. The molecule has 118 valence electrons. The molecule has 4 heteroatoms. The van der Waals surface area contributed by atoms with Crippen molar-refractivity contribution in [1.29, 1.82) is 0 Å². The molecule has 2 atom stereocenters. The van der Waals surface area contributed by atoms with Crippen molar-refractivity contribution in [3.05, 3.63) is 35.6 Å². The second-order valence-corrected chi connectivity index (χ2v) is 6.59. The number of carbonyl (C=O) groups excluding carboxylic acids is 1. The van der Waals surface area contributed by atoms with Gasteiger partial charge in [-0.3, -0.25) is 4.79 Å². The molecule has 0 saturated heterocycles. The molecule has 0 aliphatic carbocycles. The van der Waals surface area contributed by atoms with Crippen LogP contribution < -0.4 is 11.1 Å². The van der Waals surface area contributed by atoms with E-state index in [4.69, 9.17) is 5.73 Å². The predicted octanol–water partition coefficient (Wildman–Crippen LogP) is 2.88. The number of benzene rings is 1. The van der Waals surface area contributed by atoms with Gasteiger partial charge in [-0.05, 0) is 43.4 Å². The molecule has 0 aliphatic rings. The van der Waals surface area contributed by atoms with Crippen LogP contribution in [0.2, 0.25) is 0 Å². The van der Waals surface area contributed by atoms with Crippen molar-refractivity contribution in [2.45, 2.75) is 46.1 Å². The van der Waals surface area contributed by atoms with Crippen LogP contribution in [0.5, 0.6) is 0 Å². The van der Waals surface area contributed by atoms with Gasteiger partial charge in [0.25, 0.3) is 0 Å². The van der Waals surface area contributed by atoms with E-state index in [0.29, 0.717) is 18.9 Å². The fourth-order valence-corrected chi connectivity index (χ4v) is 2.62. The maximum absolute atomic E-state index is 13.2. The van der Waals surface area contributed by atoms with E-state index in [1.165, 1.54) is 12.1 Å². The molecule has 21 heavy (non-hydrogen) atoms. The molecule has 1 rings (SSSR count). The van der Waals surface area contributed by atoms with Gasteiger partial charge < -0.3 is 11.1 Å². The molecule has 3 N–H and O–H groups in total. The third-order valence-electron chi connectivity index (χ3n) is 3.61. The molecule has 0 radical (unpaired) electrons. The van der Waals surface area contributed by atoms with Gasteiger partial charge in [0.15, 0.2) is 0 Å². The third-order valence-corrected chi connectivity index (χ3v) is 3.61. The summed E-state index contributed by atoms with van der Waals surface area (Å²) in [6, 6.07) is 6.38. The third kappa shape index (κ3) is 5.84. The minimum Gasteiger partial charge on any atom is -0.349 e. The van der Waals surface area contributed by atoms with Crippen molar-refractivity contribution in [2.75, 3.05) is 6.54 Å². The quantitative estimate of drug-likeness (QED) is 0.812. The second kappa shape index (κ2) is 7.55.